The summed E-state index contributed by atoms with van der Waals surface area (Å²) in [5, 5.41) is 0. The molecule has 2 N–H and O–H groups in total. The van der Waals surface area contributed by atoms with E-state index in [-0.39, 0.29) is 0 Å². The summed E-state index contributed by atoms with van der Waals surface area (Å²) in [4.78, 5) is 4.87. The van der Waals surface area contributed by atoms with Crippen molar-refractivity contribution in [1.29, 1.82) is 0 Å². The standard InChI is InChI=1S/C12H21N3O/c1-14-5-7-15(8-6-14)10-3-4-11(13)12(9-10)16-2/h3-4,10H,5-9,13H2,1-2H3. The van der Waals surface area contributed by atoms with Crippen LogP contribution in [0.2, 0.25) is 0 Å². The third kappa shape index (κ3) is 2.39. The van der Waals surface area contributed by atoms with Crippen LogP contribution in [0.3, 0.4) is 0 Å². The quantitative estimate of drug-likeness (QED) is 0.735. The number of allylic oxidation sites excluding steroid dienone is 1. The Hall–Kier alpha value is -1.00. The first-order valence-corrected chi connectivity index (χ1v) is 5.84. The van der Waals surface area contributed by atoms with Crippen molar-refractivity contribution in [3.05, 3.63) is 23.6 Å². The molecule has 2 rings (SSSR count). The molecule has 0 amide bonds. The van der Waals surface area contributed by atoms with Crippen LogP contribution in [0.15, 0.2) is 23.6 Å². The number of likely N-dealkylation sites (N-methyl/N-ethyl adjacent to an activating group) is 1. The molecule has 4 heteroatoms. The first kappa shape index (κ1) is 11.5. The number of nitrogens with two attached hydrogens (primary N) is 1. The lowest BCUT2D eigenvalue weighted by Crippen LogP contribution is -2.49. The van der Waals surface area contributed by atoms with Gasteiger partial charge in [-0.25, -0.2) is 0 Å². The minimum absolute atomic E-state index is 0.455. The molecule has 0 saturated carbocycles. The SMILES string of the molecule is COC1=C(N)C=CC(N2CCN(C)CC2)C1. The van der Waals surface area contributed by atoms with E-state index in [1.54, 1.807) is 7.11 Å². The predicted octanol–water partition coefficient (Wildman–Crippen LogP) is 0.379. The average Bonchev–Trinajstić information content (AvgIpc) is 2.31. The van der Waals surface area contributed by atoms with E-state index < -0.39 is 0 Å². The summed E-state index contributed by atoms with van der Waals surface area (Å²) >= 11 is 0. The molecule has 1 heterocycles. The molecule has 1 aliphatic carbocycles. The van der Waals surface area contributed by atoms with Gasteiger partial charge in [0.1, 0.15) is 5.76 Å². The maximum Gasteiger partial charge on any atom is 0.120 e. The van der Waals surface area contributed by atoms with E-state index in [0.29, 0.717) is 6.04 Å². The zero-order chi connectivity index (χ0) is 11.5. The van der Waals surface area contributed by atoms with E-state index in [9.17, 15) is 0 Å². The Morgan fingerprint density at radius 2 is 2.00 bits per heavy atom. The second-order valence-electron chi connectivity index (χ2n) is 4.55. The normalized spacial score (nSPS) is 28.5. The highest BCUT2D eigenvalue weighted by molar-refractivity contribution is 5.26. The van der Waals surface area contributed by atoms with Crippen LogP contribution in [-0.2, 0) is 4.74 Å². The van der Waals surface area contributed by atoms with E-state index >= 15 is 0 Å². The van der Waals surface area contributed by atoms with Crippen LogP contribution >= 0.6 is 0 Å². The molecule has 1 atom stereocenters. The molecular weight excluding hydrogens is 202 g/mol. The zero-order valence-electron chi connectivity index (χ0n) is 10.1. The molecule has 0 radical (unpaired) electrons. The monoisotopic (exact) mass is 223 g/mol. The fourth-order valence-corrected chi connectivity index (χ4v) is 2.29. The molecule has 1 unspecified atom stereocenters. The minimum atomic E-state index is 0.455. The molecular formula is C12H21N3O. The number of hydrogen-bond donors (Lipinski definition) is 1. The van der Waals surface area contributed by atoms with E-state index in [1.807, 2.05) is 6.08 Å². The molecule has 0 aromatic heterocycles. The number of nitrogens with zero attached hydrogens (tertiary/aromatic N) is 2. The zero-order valence-corrected chi connectivity index (χ0v) is 10.1. The van der Waals surface area contributed by atoms with E-state index in [4.69, 9.17) is 10.5 Å². The van der Waals surface area contributed by atoms with Crippen LogP contribution in [0, 0.1) is 0 Å². The first-order valence-electron chi connectivity index (χ1n) is 5.84. The highest BCUT2D eigenvalue weighted by Gasteiger charge is 2.24. The van der Waals surface area contributed by atoms with Crippen LogP contribution in [-0.4, -0.2) is 56.2 Å². The van der Waals surface area contributed by atoms with Crippen molar-refractivity contribution in [2.45, 2.75) is 12.5 Å². The Bertz CT molecular complexity index is 303. The molecule has 4 nitrogen and oxygen atoms in total. The Morgan fingerprint density at radius 1 is 1.31 bits per heavy atom. The molecule has 0 aromatic rings. The highest BCUT2D eigenvalue weighted by atomic mass is 16.5. The van der Waals surface area contributed by atoms with Crippen LogP contribution in [0.1, 0.15) is 6.42 Å². The molecule has 2 aliphatic rings. The van der Waals surface area contributed by atoms with Crippen molar-refractivity contribution < 1.29 is 4.74 Å². The Kier molecular flexibility index (Phi) is 3.51. The van der Waals surface area contributed by atoms with E-state index in [1.165, 1.54) is 0 Å². The average molecular weight is 223 g/mol. The van der Waals surface area contributed by atoms with Gasteiger partial charge in [0.25, 0.3) is 0 Å². The summed E-state index contributed by atoms with van der Waals surface area (Å²) in [5.74, 6) is 0.923. The molecule has 0 spiro atoms. The van der Waals surface area contributed by atoms with Gasteiger partial charge in [-0.3, -0.25) is 4.90 Å². The molecule has 16 heavy (non-hydrogen) atoms. The van der Waals surface area contributed by atoms with Gasteiger partial charge in [0.15, 0.2) is 0 Å². The number of piperazine rings is 1. The lowest BCUT2D eigenvalue weighted by Gasteiger charge is -2.37. The van der Waals surface area contributed by atoms with E-state index in [2.05, 4.69) is 22.9 Å². The summed E-state index contributed by atoms with van der Waals surface area (Å²) in [5.41, 5.74) is 6.62. The van der Waals surface area contributed by atoms with Gasteiger partial charge in [0.2, 0.25) is 0 Å². The van der Waals surface area contributed by atoms with Gasteiger partial charge in [-0.05, 0) is 13.1 Å². The van der Waals surface area contributed by atoms with Crippen LogP contribution in [0.5, 0.6) is 0 Å². The number of methoxy groups -OCH3 is 1. The Balaban J connectivity index is 1.96. The summed E-state index contributed by atoms with van der Waals surface area (Å²) in [6.45, 7) is 4.54. The third-order valence-corrected chi connectivity index (χ3v) is 3.47. The lowest BCUT2D eigenvalue weighted by molar-refractivity contribution is 0.119. The summed E-state index contributed by atoms with van der Waals surface area (Å²) in [6.07, 6.45) is 5.08. The fourth-order valence-electron chi connectivity index (χ4n) is 2.29. The lowest BCUT2D eigenvalue weighted by atomic mass is 10.0. The number of ether oxygens (including phenoxy) is 1. The van der Waals surface area contributed by atoms with Crippen molar-refractivity contribution in [3.8, 4) is 0 Å². The number of rotatable bonds is 2. The van der Waals surface area contributed by atoms with Crippen LogP contribution < -0.4 is 5.73 Å². The maximum absolute atomic E-state index is 5.84. The summed E-state index contributed by atoms with van der Waals surface area (Å²) in [7, 11) is 3.87. The Labute approximate surface area is 97.3 Å². The summed E-state index contributed by atoms with van der Waals surface area (Å²) in [6, 6.07) is 0.455. The van der Waals surface area contributed by atoms with Crippen LogP contribution in [0.25, 0.3) is 0 Å². The van der Waals surface area contributed by atoms with Crippen molar-refractivity contribution >= 4 is 0 Å². The smallest absolute Gasteiger partial charge is 0.120 e. The maximum atomic E-state index is 5.84. The molecule has 0 bridgehead atoms. The molecule has 90 valence electrons. The van der Waals surface area contributed by atoms with Gasteiger partial charge < -0.3 is 15.4 Å². The van der Waals surface area contributed by atoms with Crippen molar-refractivity contribution in [3.63, 3.8) is 0 Å². The largest absolute Gasteiger partial charge is 0.499 e. The highest BCUT2D eigenvalue weighted by Crippen LogP contribution is 2.21. The molecule has 1 saturated heterocycles. The van der Waals surface area contributed by atoms with Crippen molar-refractivity contribution in [2.75, 3.05) is 40.3 Å². The van der Waals surface area contributed by atoms with Crippen LogP contribution in [0.4, 0.5) is 0 Å². The minimum Gasteiger partial charge on any atom is -0.499 e. The van der Waals surface area contributed by atoms with Crippen molar-refractivity contribution in [1.82, 2.24) is 9.80 Å². The van der Waals surface area contributed by atoms with Gasteiger partial charge in [-0.2, -0.15) is 0 Å². The number of hydrogen-bond acceptors (Lipinski definition) is 4. The van der Waals surface area contributed by atoms with Gasteiger partial charge in [-0.1, -0.05) is 6.08 Å². The molecule has 1 fully saturated rings. The second kappa shape index (κ2) is 4.89. The fraction of sp³-hybridized carbons (Fsp3) is 0.667. The van der Waals surface area contributed by atoms with E-state index in [0.717, 1.165) is 44.1 Å². The van der Waals surface area contributed by atoms with Gasteiger partial charge in [0, 0.05) is 38.6 Å². The third-order valence-electron chi connectivity index (χ3n) is 3.47. The van der Waals surface area contributed by atoms with Gasteiger partial charge in [0.05, 0.1) is 12.8 Å². The molecule has 1 aliphatic heterocycles. The van der Waals surface area contributed by atoms with Gasteiger partial charge >= 0.3 is 0 Å². The summed E-state index contributed by atoms with van der Waals surface area (Å²) < 4.78 is 5.31. The first-order chi connectivity index (χ1) is 7.70. The second-order valence-corrected chi connectivity index (χ2v) is 4.55. The van der Waals surface area contributed by atoms with Crippen molar-refractivity contribution in [2.24, 2.45) is 5.73 Å². The van der Waals surface area contributed by atoms with Gasteiger partial charge in [-0.15, -0.1) is 0 Å². The Morgan fingerprint density at radius 3 is 2.62 bits per heavy atom. The topological polar surface area (TPSA) is 41.7 Å². The molecule has 0 aromatic carbocycles. The predicted molar refractivity (Wildman–Crippen MR) is 64.8 cm³/mol.